The summed E-state index contributed by atoms with van der Waals surface area (Å²) < 4.78 is 14.2. The van der Waals surface area contributed by atoms with Crippen molar-refractivity contribution in [3.63, 3.8) is 0 Å². The lowest BCUT2D eigenvalue weighted by Crippen LogP contribution is -2.24. The van der Waals surface area contributed by atoms with Gasteiger partial charge in [0.05, 0.1) is 11.6 Å². The number of hydrogen-bond donors (Lipinski definition) is 2. The summed E-state index contributed by atoms with van der Waals surface area (Å²) in [4.78, 5) is 14.1. The van der Waals surface area contributed by atoms with Crippen LogP contribution in [0.15, 0.2) is 30.4 Å². The molecule has 1 aromatic carbocycles. The van der Waals surface area contributed by atoms with E-state index in [1.165, 1.54) is 6.07 Å². The van der Waals surface area contributed by atoms with Crippen LogP contribution >= 0.6 is 0 Å². The minimum Gasteiger partial charge on any atom is -0.369 e. The highest BCUT2D eigenvalue weighted by Crippen LogP contribution is 2.26. The van der Waals surface area contributed by atoms with Crippen LogP contribution < -0.4 is 16.0 Å². The molecule has 0 spiro atoms. The van der Waals surface area contributed by atoms with Gasteiger partial charge >= 0.3 is 0 Å². The molecule has 0 radical (unpaired) electrons. The lowest BCUT2D eigenvalue weighted by molar-refractivity contribution is -0.118. The molecule has 21 heavy (non-hydrogen) atoms. The number of nitrogens with one attached hydrogen (secondary N) is 1. The van der Waals surface area contributed by atoms with Crippen LogP contribution in [0.1, 0.15) is 19.3 Å². The van der Waals surface area contributed by atoms with Gasteiger partial charge < -0.3 is 16.0 Å². The Kier molecular flexibility index (Phi) is 3.92. The molecule has 2 unspecified atom stereocenters. The fourth-order valence-electron chi connectivity index (χ4n) is 2.96. The van der Waals surface area contributed by atoms with Crippen LogP contribution in [0.2, 0.25) is 0 Å². The number of carbonyl (C=O) groups excluding carboxylic acids is 1. The van der Waals surface area contributed by atoms with Gasteiger partial charge in [-0.3, -0.25) is 4.79 Å². The second kappa shape index (κ2) is 5.85. The standard InChI is InChI=1S/C16H20FN3O/c17-14-10-13(5-6-15(14)20-7-1-2-8-20)19-16(21)11-3-4-12(18)9-11/h3-6,10-12H,1-2,7-9,18H2,(H,19,21). The van der Waals surface area contributed by atoms with Crippen molar-refractivity contribution in [2.24, 2.45) is 11.7 Å². The zero-order chi connectivity index (χ0) is 14.8. The van der Waals surface area contributed by atoms with E-state index in [-0.39, 0.29) is 23.7 Å². The van der Waals surface area contributed by atoms with E-state index < -0.39 is 0 Å². The second-order valence-electron chi connectivity index (χ2n) is 5.74. The number of nitrogens with two attached hydrogens (primary N) is 1. The molecule has 5 heteroatoms. The van der Waals surface area contributed by atoms with Crippen LogP contribution in [0.3, 0.4) is 0 Å². The summed E-state index contributed by atoms with van der Waals surface area (Å²) in [6.07, 6.45) is 6.47. The van der Waals surface area contributed by atoms with E-state index in [2.05, 4.69) is 5.32 Å². The molecule has 2 atom stereocenters. The average Bonchev–Trinajstić information content (AvgIpc) is 3.10. The largest absolute Gasteiger partial charge is 0.369 e. The molecule has 1 heterocycles. The number of benzene rings is 1. The molecule has 1 fully saturated rings. The fourth-order valence-corrected chi connectivity index (χ4v) is 2.96. The molecule has 0 bridgehead atoms. The van der Waals surface area contributed by atoms with Gasteiger partial charge in [0.25, 0.3) is 0 Å². The lowest BCUT2D eigenvalue weighted by atomic mass is 10.1. The maximum Gasteiger partial charge on any atom is 0.231 e. The molecule has 3 rings (SSSR count). The van der Waals surface area contributed by atoms with Crippen molar-refractivity contribution in [3.05, 3.63) is 36.2 Å². The molecule has 0 aromatic heterocycles. The van der Waals surface area contributed by atoms with Crippen molar-refractivity contribution >= 4 is 17.3 Å². The SMILES string of the molecule is NC1C=CC(C(=O)Nc2ccc(N3CCCC3)c(F)c2)C1. The van der Waals surface area contributed by atoms with E-state index in [1.54, 1.807) is 12.1 Å². The van der Waals surface area contributed by atoms with Gasteiger partial charge in [-0.2, -0.15) is 0 Å². The van der Waals surface area contributed by atoms with Gasteiger partial charge in [0.1, 0.15) is 5.82 Å². The summed E-state index contributed by atoms with van der Waals surface area (Å²) in [6.45, 7) is 1.79. The number of hydrogen-bond acceptors (Lipinski definition) is 3. The normalized spacial score (nSPS) is 24.6. The number of carbonyl (C=O) groups is 1. The highest BCUT2D eigenvalue weighted by Gasteiger charge is 2.23. The summed E-state index contributed by atoms with van der Waals surface area (Å²) >= 11 is 0. The molecule has 1 aromatic rings. The predicted molar refractivity (Wildman–Crippen MR) is 81.7 cm³/mol. The third-order valence-electron chi connectivity index (χ3n) is 4.12. The summed E-state index contributed by atoms with van der Waals surface area (Å²) in [5.41, 5.74) is 6.85. The van der Waals surface area contributed by atoms with Crippen molar-refractivity contribution in [2.45, 2.75) is 25.3 Å². The van der Waals surface area contributed by atoms with Crippen molar-refractivity contribution < 1.29 is 9.18 Å². The van der Waals surface area contributed by atoms with Crippen LogP contribution in [-0.2, 0) is 4.79 Å². The first-order chi connectivity index (χ1) is 10.1. The van der Waals surface area contributed by atoms with E-state index in [9.17, 15) is 9.18 Å². The van der Waals surface area contributed by atoms with Crippen LogP contribution in [0.4, 0.5) is 15.8 Å². The van der Waals surface area contributed by atoms with Crippen LogP contribution in [0, 0.1) is 11.7 Å². The molecule has 1 aliphatic heterocycles. The monoisotopic (exact) mass is 289 g/mol. The quantitative estimate of drug-likeness (QED) is 0.839. The summed E-state index contributed by atoms with van der Waals surface area (Å²) in [5, 5.41) is 2.76. The Morgan fingerprint density at radius 3 is 2.67 bits per heavy atom. The maximum absolute atomic E-state index is 14.2. The first-order valence-corrected chi connectivity index (χ1v) is 7.43. The number of nitrogens with zero attached hydrogens (tertiary/aromatic N) is 1. The summed E-state index contributed by atoms with van der Waals surface area (Å²) in [5.74, 6) is -0.637. The minimum absolute atomic E-state index is 0.0602. The third kappa shape index (κ3) is 3.08. The number of anilines is 2. The Morgan fingerprint density at radius 2 is 2.05 bits per heavy atom. The van der Waals surface area contributed by atoms with E-state index in [0.717, 1.165) is 25.9 Å². The summed E-state index contributed by atoms with van der Waals surface area (Å²) in [7, 11) is 0. The van der Waals surface area contributed by atoms with Crippen LogP contribution in [0.5, 0.6) is 0 Å². The fraction of sp³-hybridized carbons (Fsp3) is 0.438. The molecular formula is C16H20FN3O. The average molecular weight is 289 g/mol. The predicted octanol–water partition coefficient (Wildman–Crippen LogP) is 2.27. The zero-order valence-electron chi connectivity index (χ0n) is 11.9. The van der Waals surface area contributed by atoms with E-state index in [4.69, 9.17) is 5.73 Å². The lowest BCUT2D eigenvalue weighted by Gasteiger charge is -2.19. The van der Waals surface area contributed by atoms with Crippen molar-refractivity contribution in [3.8, 4) is 0 Å². The number of amides is 1. The molecule has 2 aliphatic rings. The van der Waals surface area contributed by atoms with Gasteiger partial charge in [-0.25, -0.2) is 4.39 Å². The first kappa shape index (κ1) is 14.1. The second-order valence-corrected chi connectivity index (χ2v) is 5.74. The van der Waals surface area contributed by atoms with Crippen LogP contribution in [0.25, 0.3) is 0 Å². The van der Waals surface area contributed by atoms with E-state index in [1.807, 2.05) is 17.1 Å². The smallest absolute Gasteiger partial charge is 0.231 e. The van der Waals surface area contributed by atoms with Gasteiger partial charge in [0.15, 0.2) is 0 Å². The van der Waals surface area contributed by atoms with Gasteiger partial charge in [-0.1, -0.05) is 12.2 Å². The van der Waals surface area contributed by atoms with E-state index >= 15 is 0 Å². The molecule has 1 aliphatic carbocycles. The van der Waals surface area contributed by atoms with Gasteiger partial charge in [0.2, 0.25) is 5.91 Å². The molecule has 3 N–H and O–H groups in total. The topological polar surface area (TPSA) is 58.4 Å². The molecule has 0 saturated carbocycles. The van der Waals surface area contributed by atoms with Crippen molar-refractivity contribution in [2.75, 3.05) is 23.3 Å². The summed E-state index contributed by atoms with van der Waals surface area (Å²) in [6, 6.07) is 4.83. The first-order valence-electron chi connectivity index (χ1n) is 7.43. The number of halogens is 1. The van der Waals surface area contributed by atoms with Crippen LogP contribution in [-0.4, -0.2) is 25.0 Å². The number of rotatable bonds is 3. The Labute approximate surface area is 123 Å². The van der Waals surface area contributed by atoms with Gasteiger partial charge in [-0.15, -0.1) is 0 Å². The molecule has 1 amide bonds. The Bertz CT molecular complexity index is 567. The molecule has 112 valence electrons. The Balaban J connectivity index is 1.67. The van der Waals surface area contributed by atoms with Gasteiger partial charge in [-0.05, 0) is 37.5 Å². The highest BCUT2D eigenvalue weighted by molar-refractivity contribution is 5.94. The molecular weight excluding hydrogens is 269 g/mol. The third-order valence-corrected chi connectivity index (χ3v) is 4.12. The Hall–Kier alpha value is -1.88. The minimum atomic E-state index is -0.284. The van der Waals surface area contributed by atoms with Gasteiger partial charge in [0, 0.05) is 24.8 Å². The van der Waals surface area contributed by atoms with Crippen molar-refractivity contribution in [1.82, 2.24) is 0 Å². The van der Waals surface area contributed by atoms with Crippen molar-refractivity contribution in [1.29, 1.82) is 0 Å². The Morgan fingerprint density at radius 1 is 1.29 bits per heavy atom. The highest BCUT2D eigenvalue weighted by atomic mass is 19.1. The molecule has 4 nitrogen and oxygen atoms in total. The zero-order valence-corrected chi connectivity index (χ0v) is 11.9. The maximum atomic E-state index is 14.2. The molecule has 1 saturated heterocycles. The van der Waals surface area contributed by atoms with E-state index in [0.29, 0.717) is 17.8 Å².